The average Bonchev–Trinajstić information content (AvgIpc) is 2.10. The fourth-order valence-electron chi connectivity index (χ4n) is 1.05. The van der Waals surface area contributed by atoms with Gasteiger partial charge in [0, 0.05) is 0 Å². The number of hydrogen-bond donors (Lipinski definition) is 3. The Labute approximate surface area is 74.1 Å². The van der Waals surface area contributed by atoms with Crippen molar-refractivity contribution in [2.24, 2.45) is 5.73 Å². The molecular formula is C7H10N2O4. The van der Waals surface area contributed by atoms with Gasteiger partial charge in [-0.1, -0.05) is 0 Å². The summed E-state index contributed by atoms with van der Waals surface area (Å²) in [6.07, 6.45) is 0.476. The van der Waals surface area contributed by atoms with Crippen LogP contribution < -0.4 is 11.1 Å². The van der Waals surface area contributed by atoms with Gasteiger partial charge in [0.25, 0.3) is 5.91 Å². The maximum absolute atomic E-state index is 10.7. The molecule has 0 spiro atoms. The van der Waals surface area contributed by atoms with Crippen LogP contribution in [0.5, 0.6) is 0 Å². The summed E-state index contributed by atoms with van der Waals surface area (Å²) in [4.78, 5) is 31.4. The second-order valence-electron chi connectivity index (χ2n) is 2.91. The van der Waals surface area contributed by atoms with Gasteiger partial charge in [0.2, 0.25) is 5.78 Å². The number of hydrogen-bond acceptors (Lipinski definition) is 4. The van der Waals surface area contributed by atoms with Crippen molar-refractivity contribution in [1.82, 2.24) is 5.32 Å². The molecule has 2 unspecified atom stereocenters. The Bertz CT molecular complexity index is 263. The molecule has 0 radical (unpaired) electrons. The van der Waals surface area contributed by atoms with E-state index < -0.39 is 29.7 Å². The van der Waals surface area contributed by atoms with E-state index in [2.05, 4.69) is 5.32 Å². The third-order valence-corrected chi connectivity index (χ3v) is 1.93. The SMILES string of the molecule is NC(CCC1NC(=O)C1=O)C(=O)O. The largest absolute Gasteiger partial charge is 0.480 e. The molecule has 0 aromatic heterocycles. The van der Waals surface area contributed by atoms with Crippen LogP contribution in [0.3, 0.4) is 0 Å². The van der Waals surface area contributed by atoms with Gasteiger partial charge in [-0.3, -0.25) is 14.4 Å². The molecule has 1 rings (SSSR count). The highest BCUT2D eigenvalue weighted by Crippen LogP contribution is 2.08. The predicted octanol–water partition coefficient (Wildman–Crippen LogP) is -1.75. The first-order valence-electron chi connectivity index (χ1n) is 3.85. The molecule has 0 aliphatic carbocycles. The molecule has 6 heteroatoms. The molecule has 0 aromatic rings. The number of aliphatic carboxylic acids is 1. The van der Waals surface area contributed by atoms with Gasteiger partial charge in [-0.2, -0.15) is 0 Å². The van der Waals surface area contributed by atoms with Gasteiger partial charge >= 0.3 is 5.97 Å². The third-order valence-electron chi connectivity index (χ3n) is 1.93. The predicted molar refractivity (Wildman–Crippen MR) is 41.8 cm³/mol. The minimum absolute atomic E-state index is 0.187. The average molecular weight is 186 g/mol. The van der Waals surface area contributed by atoms with Crippen LogP contribution in [0, 0.1) is 0 Å². The van der Waals surface area contributed by atoms with E-state index in [4.69, 9.17) is 10.8 Å². The smallest absolute Gasteiger partial charge is 0.320 e. The quantitative estimate of drug-likeness (QED) is 0.356. The Morgan fingerprint density at radius 3 is 2.62 bits per heavy atom. The number of carbonyl (C=O) groups is 3. The van der Waals surface area contributed by atoms with Crippen molar-refractivity contribution >= 4 is 17.7 Å². The van der Waals surface area contributed by atoms with Gasteiger partial charge in [-0.25, -0.2) is 0 Å². The minimum Gasteiger partial charge on any atom is -0.480 e. The van der Waals surface area contributed by atoms with Crippen LogP contribution in [0.15, 0.2) is 0 Å². The molecule has 0 aromatic carbocycles. The normalized spacial score (nSPS) is 23.3. The monoisotopic (exact) mass is 186 g/mol. The van der Waals surface area contributed by atoms with Crippen molar-refractivity contribution in [3.05, 3.63) is 0 Å². The van der Waals surface area contributed by atoms with E-state index in [1.54, 1.807) is 0 Å². The zero-order chi connectivity index (χ0) is 10.0. The highest BCUT2D eigenvalue weighted by Gasteiger charge is 2.36. The fourth-order valence-corrected chi connectivity index (χ4v) is 1.05. The standard InChI is InChI=1S/C7H10N2O4/c8-3(7(12)13)1-2-4-5(10)6(11)9-4/h3-4H,1-2,8H2,(H,9,11)(H,12,13). The number of nitrogens with two attached hydrogens (primary N) is 1. The molecule has 2 atom stereocenters. The lowest BCUT2D eigenvalue weighted by atomic mass is 9.97. The Morgan fingerprint density at radius 2 is 2.23 bits per heavy atom. The third kappa shape index (κ3) is 2.03. The van der Waals surface area contributed by atoms with Crippen LogP contribution in [0.4, 0.5) is 0 Å². The van der Waals surface area contributed by atoms with Crippen molar-refractivity contribution in [3.63, 3.8) is 0 Å². The Morgan fingerprint density at radius 1 is 1.62 bits per heavy atom. The van der Waals surface area contributed by atoms with Crippen LogP contribution >= 0.6 is 0 Å². The summed E-state index contributed by atoms with van der Waals surface area (Å²) >= 11 is 0. The molecular weight excluding hydrogens is 176 g/mol. The lowest BCUT2D eigenvalue weighted by molar-refractivity contribution is -0.147. The van der Waals surface area contributed by atoms with Gasteiger partial charge < -0.3 is 16.2 Å². The topological polar surface area (TPSA) is 109 Å². The zero-order valence-corrected chi connectivity index (χ0v) is 6.82. The van der Waals surface area contributed by atoms with Crippen LogP contribution in [0.1, 0.15) is 12.8 Å². The molecule has 1 amide bonds. The van der Waals surface area contributed by atoms with Gasteiger partial charge in [0.15, 0.2) is 0 Å². The number of β-lactam (4-membered cyclic amide) rings is 1. The zero-order valence-electron chi connectivity index (χ0n) is 6.82. The first kappa shape index (κ1) is 9.66. The number of carboxylic acid groups (broad SMARTS) is 1. The van der Waals surface area contributed by atoms with Gasteiger partial charge in [0.05, 0.1) is 6.04 Å². The summed E-state index contributed by atoms with van der Waals surface area (Å²) in [5, 5.41) is 10.8. The van der Waals surface area contributed by atoms with Crippen LogP contribution in [-0.4, -0.2) is 34.8 Å². The van der Waals surface area contributed by atoms with Crippen molar-refractivity contribution in [2.75, 3.05) is 0 Å². The molecule has 0 saturated carbocycles. The van der Waals surface area contributed by atoms with Gasteiger partial charge in [0.1, 0.15) is 6.04 Å². The summed E-state index contributed by atoms with van der Waals surface area (Å²) in [6.45, 7) is 0. The molecule has 6 nitrogen and oxygen atoms in total. The molecule has 13 heavy (non-hydrogen) atoms. The maximum atomic E-state index is 10.7. The Kier molecular flexibility index (Phi) is 2.62. The van der Waals surface area contributed by atoms with Crippen LogP contribution in [0.25, 0.3) is 0 Å². The molecule has 1 heterocycles. The first-order chi connectivity index (χ1) is 6.02. The van der Waals surface area contributed by atoms with Gasteiger partial charge in [-0.05, 0) is 12.8 Å². The van der Waals surface area contributed by atoms with Crippen LogP contribution in [-0.2, 0) is 14.4 Å². The fraction of sp³-hybridized carbons (Fsp3) is 0.571. The first-order valence-corrected chi connectivity index (χ1v) is 3.85. The van der Waals surface area contributed by atoms with Crippen molar-refractivity contribution in [2.45, 2.75) is 24.9 Å². The number of rotatable bonds is 4. The van der Waals surface area contributed by atoms with E-state index in [0.29, 0.717) is 0 Å². The Balaban J connectivity index is 2.25. The highest BCUT2D eigenvalue weighted by molar-refractivity contribution is 6.44. The number of Topliss-reactive ketones (excluding diaryl/α,β-unsaturated/α-hetero) is 1. The summed E-state index contributed by atoms with van der Waals surface area (Å²) in [6, 6.07) is -1.50. The van der Waals surface area contributed by atoms with Crippen molar-refractivity contribution in [1.29, 1.82) is 0 Å². The summed E-state index contributed by atoms with van der Waals surface area (Å²) in [7, 11) is 0. The molecule has 72 valence electrons. The second-order valence-corrected chi connectivity index (χ2v) is 2.91. The molecule has 4 N–H and O–H groups in total. The second kappa shape index (κ2) is 3.53. The van der Waals surface area contributed by atoms with E-state index in [1.165, 1.54) is 0 Å². The molecule has 1 aliphatic heterocycles. The van der Waals surface area contributed by atoms with Crippen LogP contribution in [0.2, 0.25) is 0 Å². The number of ketones is 1. The lowest BCUT2D eigenvalue weighted by Gasteiger charge is -2.25. The summed E-state index contributed by atoms with van der Waals surface area (Å²) < 4.78 is 0. The van der Waals surface area contributed by atoms with E-state index in [0.717, 1.165) is 0 Å². The van der Waals surface area contributed by atoms with Gasteiger partial charge in [-0.15, -0.1) is 0 Å². The maximum Gasteiger partial charge on any atom is 0.320 e. The minimum atomic E-state index is -1.10. The summed E-state index contributed by atoms with van der Waals surface area (Å²) in [5.41, 5.74) is 5.20. The molecule has 0 bridgehead atoms. The number of carboxylic acids is 1. The van der Waals surface area contributed by atoms with E-state index in [-0.39, 0.29) is 12.8 Å². The highest BCUT2D eigenvalue weighted by atomic mass is 16.4. The summed E-state index contributed by atoms with van der Waals surface area (Å²) in [5.74, 6) is -2.19. The van der Waals surface area contributed by atoms with E-state index in [1.807, 2.05) is 0 Å². The van der Waals surface area contributed by atoms with Crippen molar-refractivity contribution < 1.29 is 19.5 Å². The lowest BCUT2D eigenvalue weighted by Crippen LogP contribution is -2.59. The Hall–Kier alpha value is -1.43. The van der Waals surface area contributed by atoms with E-state index >= 15 is 0 Å². The van der Waals surface area contributed by atoms with E-state index in [9.17, 15) is 14.4 Å². The van der Waals surface area contributed by atoms with Crippen molar-refractivity contribution in [3.8, 4) is 0 Å². The number of carbonyl (C=O) groups excluding carboxylic acids is 2. The molecule has 1 saturated heterocycles. The molecule has 1 fully saturated rings. The number of nitrogens with one attached hydrogen (secondary N) is 1. The number of amides is 1. The molecule has 1 aliphatic rings.